The van der Waals surface area contributed by atoms with Gasteiger partial charge in [0.25, 0.3) is 0 Å². The number of imidazole rings is 2. The number of hydrogen-bond donors (Lipinski definition) is 0. The molecule has 11 nitrogen and oxygen atoms in total. The van der Waals surface area contributed by atoms with Crippen LogP contribution in [0.3, 0.4) is 0 Å². The van der Waals surface area contributed by atoms with E-state index in [-0.39, 0.29) is 24.2 Å². The minimum atomic E-state index is -0.378. The van der Waals surface area contributed by atoms with Crippen LogP contribution in [0.15, 0.2) is 67.3 Å². The number of esters is 1. The van der Waals surface area contributed by atoms with Crippen molar-refractivity contribution in [2.24, 2.45) is 0 Å². The first-order valence-electron chi connectivity index (χ1n) is 15.9. The minimum Gasteiger partial charge on any atom is -0.490 e. The first-order chi connectivity index (χ1) is 23.2. The van der Waals surface area contributed by atoms with E-state index >= 15 is 0 Å². The number of halogens is 1. The van der Waals surface area contributed by atoms with Crippen molar-refractivity contribution in [1.82, 2.24) is 29.0 Å². The number of carbonyl (C=O) groups excluding carboxylic acids is 1. The van der Waals surface area contributed by atoms with Crippen molar-refractivity contribution >= 4 is 28.6 Å². The molecule has 12 heteroatoms. The molecule has 0 radical (unpaired) electrons. The zero-order chi connectivity index (χ0) is 33.8. The molecule has 2 aromatic carbocycles. The third-order valence-corrected chi connectivity index (χ3v) is 9.11. The van der Waals surface area contributed by atoms with E-state index in [1.165, 1.54) is 7.11 Å². The molecule has 6 rings (SSSR count). The molecular weight excluding hydrogens is 630 g/mol. The molecule has 0 bridgehead atoms. The van der Waals surface area contributed by atoms with Gasteiger partial charge >= 0.3 is 5.97 Å². The number of likely N-dealkylation sites (tertiary alicyclic amines) is 1. The van der Waals surface area contributed by atoms with Gasteiger partial charge < -0.3 is 23.3 Å². The number of hydrogen-bond acceptors (Lipinski definition) is 9. The van der Waals surface area contributed by atoms with Crippen LogP contribution in [0.4, 0.5) is 0 Å². The monoisotopic (exact) mass is 667 g/mol. The number of nitrogens with zero attached hydrogens (tertiary/aromatic N) is 7. The Labute approximate surface area is 284 Å². The maximum Gasteiger partial charge on any atom is 0.337 e. The average molecular weight is 668 g/mol. The second-order valence-electron chi connectivity index (χ2n) is 12.5. The Kier molecular flexibility index (Phi) is 9.66. The number of carbonyl (C=O) groups is 1. The number of benzene rings is 2. The lowest BCUT2D eigenvalue weighted by Gasteiger charge is -2.45. The summed E-state index contributed by atoms with van der Waals surface area (Å²) in [4.78, 5) is 28.7. The summed E-state index contributed by atoms with van der Waals surface area (Å²) in [5.74, 6) is 1.72. The molecule has 1 atom stereocenters. The molecule has 0 amide bonds. The normalized spacial score (nSPS) is 16.0. The van der Waals surface area contributed by atoms with Gasteiger partial charge in [-0.15, -0.1) is 0 Å². The average Bonchev–Trinajstić information content (AvgIpc) is 3.68. The maximum absolute atomic E-state index is 12.4. The summed E-state index contributed by atoms with van der Waals surface area (Å²) in [5, 5.41) is 9.89. The highest BCUT2D eigenvalue weighted by molar-refractivity contribution is 6.30. The second-order valence-corrected chi connectivity index (χ2v) is 12.9. The SMILES string of the molecule is CCn1cncc1Cn1c(CN2CCC(Oc3ccnc(COc4ccc(Cl)cc4C#N)c3)CC2(C)C)nc2ccc(C(=O)OC)cc21. The van der Waals surface area contributed by atoms with Crippen LogP contribution in [0.1, 0.15) is 66.7 Å². The van der Waals surface area contributed by atoms with Gasteiger partial charge in [0.15, 0.2) is 0 Å². The molecular formula is C36H38ClN7O4. The zero-order valence-corrected chi connectivity index (χ0v) is 28.3. The lowest BCUT2D eigenvalue weighted by molar-refractivity contribution is 0.00146. The molecule has 1 saturated heterocycles. The number of rotatable bonds is 11. The Bertz CT molecular complexity index is 1980. The predicted molar refractivity (Wildman–Crippen MR) is 181 cm³/mol. The van der Waals surface area contributed by atoms with E-state index in [9.17, 15) is 10.1 Å². The zero-order valence-electron chi connectivity index (χ0n) is 27.5. The Morgan fingerprint density at radius 1 is 1.15 bits per heavy atom. The summed E-state index contributed by atoms with van der Waals surface area (Å²) in [7, 11) is 1.39. The van der Waals surface area contributed by atoms with Crippen molar-refractivity contribution < 1.29 is 19.0 Å². The van der Waals surface area contributed by atoms with E-state index in [2.05, 4.69) is 50.8 Å². The van der Waals surface area contributed by atoms with Crippen LogP contribution in [0, 0.1) is 11.3 Å². The van der Waals surface area contributed by atoms with Crippen molar-refractivity contribution in [2.75, 3.05) is 13.7 Å². The van der Waals surface area contributed by atoms with Crippen LogP contribution in [0.5, 0.6) is 11.5 Å². The maximum atomic E-state index is 12.4. The fraction of sp³-hybridized carbons (Fsp3) is 0.361. The molecule has 1 unspecified atom stereocenters. The van der Waals surface area contributed by atoms with Crippen molar-refractivity contribution in [2.45, 2.75) is 71.5 Å². The highest BCUT2D eigenvalue weighted by Gasteiger charge is 2.36. The van der Waals surface area contributed by atoms with Crippen molar-refractivity contribution in [3.8, 4) is 17.6 Å². The molecule has 3 aromatic heterocycles. The van der Waals surface area contributed by atoms with Crippen molar-refractivity contribution in [3.05, 3.63) is 101 Å². The van der Waals surface area contributed by atoms with Gasteiger partial charge in [-0.1, -0.05) is 11.6 Å². The molecule has 0 N–H and O–H groups in total. The number of piperidine rings is 1. The third-order valence-electron chi connectivity index (χ3n) is 8.87. The summed E-state index contributed by atoms with van der Waals surface area (Å²) < 4.78 is 21.7. The molecule has 1 aliphatic heterocycles. The molecule has 4 heterocycles. The van der Waals surface area contributed by atoms with E-state index in [1.54, 1.807) is 30.5 Å². The Hall–Kier alpha value is -4.92. The van der Waals surface area contributed by atoms with Gasteiger partial charge in [-0.2, -0.15) is 5.26 Å². The van der Waals surface area contributed by atoms with E-state index in [0.717, 1.165) is 54.2 Å². The van der Waals surface area contributed by atoms with Crippen LogP contribution < -0.4 is 9.47 Å². The number of ether oxygens (including phenoxy) is 3. The predicted octanol–water partition coefficient (Wildman–Crippen LogP) is 6.41. The smallest absolute Gasteiger partial charge is 0.337 e. The van der Waals surface area contributed by atoms with Gasteiger partial charge in [-0.25, -0.2) is 14.8 Å². The molecule has 1 fully saturated rings. The first-order valence-corrected chi connectivity index (χ1v) is 16.3. The number of pyridine rings is 1. The fourth-order valence-corrected chi connectivity index (χ4v) is 6.44. The molecule has 0 saturated carbocycles. The van der Waals surface area contributed by atoms with E-state index in [4.69, 9.17) is 30.8 Å². The lowest BCUT2D eigenvalue weighted by Crippen LogP contribution is -2.52. The van der Waals surface area contributed by atoms with Gasteiger partial charge in [0, 0.05) is 48.5 Å². The largest absolute Gasteiger partial charge is 0.490 e. The van der Waals surface area contributed by atoms with Crippen LogP contribution in [0.2, 0.25) is 5.02 Å². The van der Waals surface area contributed by atoms with Crippen LogP contribution >= 0.6 is 11.6 Å². The Morgan fingerprint density at radius 2 is 2.00 bits per heavy atom. The topological polar surface area (TPSA) is 120 Å². The standard InChI is InChI=1S/C36H38ClN7O4/c1-5-42-23-39-19-28(42)20-44-32-15-24(35(45)46-4)6-8-31(32)41-34(44)21-43-13-11-30(17-36(43,2)3)48-29-10-12-40-27(16-29)22-47-33-9-7-26(37)14-25(33)18-38/h6-10,12,14-16,19,23,30H,5,11,13,17,20-22H2,1-4H3. The Morgan fingerprint density at radius 3 is 2.77 bits per heavy atom. The molecule has 0 spiro atoms. The van der Waals surface area contributed by atoms with Crippen LogP contribution in [0.25, 0.3) is 11.0 Å². The van der Waals surface area contributed by atoms with E-state index < -0.39 is 0 Å². The van der Waals surface area contributed by atoms with Gasteiger partial charge in [0.1, 0.15) is 36.1 Å². The molecule has 48 heavy (non-hydrogen) atoms. The number of aromatic nitrogens is 5. The summed E-state index contributed by atoms with van der Waals surface area (Å²) in [6.45, 7) is 9.59. The summed E-state index contributed by atoms with van der Waals surface area (Å²) >= 11 is 6.01. The second kappa shape index (κ2) is 14.1. The highest BCUT2D eigenvalue weighted by atomic mass is 35.5. The fourth-order valence-electron chi connectivity index (χ4n) is 6.26. The Balaban J connectivity index is 1.16. The highest BCUT2D eigenvalue weighted by Crippen LogP contribution is 2.33. The molecule has 1 aliphatic rings. The van der Waals surface area contributed by atoms with Crippen LogP contribution in [-0.4, -0.2) is 60.3 Å². The van der Waals surface area contributed by atoms with Gasteiger partial charge in [0.05, 0.1) is 60.1 Å². The van der Waals surface area contributed by atoms with E-state index in [1.807, 2.05) is 36.8 Å². The third kappa shape index (κ3) is 7.15. The minimum absolute atomic E-state index is 0.00853. The molecule has 0 aliphatic carbocycles. The summed E-state index contributed by atoms with van der Waals surface area (Å²) in [5.41, 5.74) is 4.14. The summed E-state index contributed by atoms with van der Waals surface area (Å²) in [6, 6.07) is 16.3. The molecule has 5 aromatic rings. The van der Waals surface area contributed by atoms with Crippen molar-refractivity contribution in [1.29, 1.82) is 5.26 Å². The van der Waals surface area contributed by atoms with E-state index in [0.29, 0.717) is 40.7 Å². The van der Waals surface area contributed by atoms with Gasteiger partial charge in [-0.05, 0) is 69.7 Å². The number of aryl methyl sites for hydroxylation is 1. The van der Waals surface area contributed by atoms with Gasteiger partial charge in [0.2, 0.25) is 0 Å². The van der Waals surface area contributed by atoms with Crippen LogP contribution in [-0.2, 0) is 31.0 Å². The number of nitriles is 1. The molecule has 248 valence electrons. The quantitative estimate of drug-likeness (QED) is 0.147. The first kappa shape index (κ1) is 33.0. The van der Waals surface area contributed by atoms with Crippen molar-refractivity contribution in [3.63, 3.8) is 0 Å². The number of methoxy groups -OCH3 is 1. The summed E-state index contributed by atoms with van der Waals surface area (Å²) in [6.07, 6.45) is 7.09. The lowest BCUT2D eigenvalue weighted by atomic mass is 9.88. The number of fused-ring (bicyclic) bond motifs is 1. The van der Waals surface area contributed by atoms with Gasteiger partial charge in [-0.3, -0.25) is 9.88 Å².